The van der Waals surface area contributed by atoms with Crippen LogP contribution in [0.25, 0.3) is 0 Å². The molecule has 0 aromatic heterocycles. The molecule has 1 aliphatic rings. The topological polar surface area (TPSA) is 21.3 Å². The van der Waals surface area contributed by atoms with Crippen molar-refractivity contribution in [1.29, 1.82) is 0 Å². The van der Waals surface area contributed by atoms with Gasteiger partial charge in [0.2, 0.25) is 0 Å². The zero-order valence-corrected chi connectivity index (χ0v) is 11.0. The van der Waals surface area contributed by atoms with Gasteiger partial charge in [-0.1, -0.05) is 32.6 Å². The van der Waals surface area contributed by atoms with E-state index in [2.05, 4.69) is 12.2 Å². The lowest BCUT2D eigenvalue weighted by atomic mass is 10.1. The van der Waals surface area contributed by atoms with E-state index in [1.165, 1.54) is 64.3 Å². The minimum absolute atomic E-state index is 0.785. The number of hydrogen-bond donors (Lipinski definition) is 1. The van der Waals surface area contributed by atoms with Crippen LogP contribution in [0.2, 0.25) is 0 Å². The van der Waals surface area contributed by atoms with Crippen molar-refractivity contribution in [1.82, 2.24) is 5.32 Å². The van der Waals surface area contributed by atoms with Gasteiger partial charge < -0.3 is 10.1 Å². The summed E-state index contributed by atoms with van der Waals surface area (Å²) in [6.45, 7) is 5.42. The molecule has 1 fully saturated rings. The van der Waals surface area contributed by atoms with Gasteiger partial charge >= 0.3 is 0 Å². The summed E-state index contributed by atoms with van der Waals surface area (Å²) in [7, 11) is 0. The Balaban J connectivity index is 1.71. The van der Waals surface area contributed by atoms with Gasteiger partial charge in [0.05, 0.1) is 0 Å². The van der Waals surface area contributed by atoms with Crippen molar-refractivity contribution in [3.05, 3.63) is 0 Å². The van der Waals surface area contributed by atoms with Crippen LogP contribution in [0.5, 0.6) is 0 Å². The average Bonchev–Trinajstić information content (AvgIpc) is 2.80. The fraction of sp³-hybridized carbons (Fsp3) is 1.00. The van der Waals surface area contributed by atoms with Gasteiger partial charge in [-0.15, -0.1) is 0 Å². The molecule has 1 saturated heterocycles. The van der Waals surface area contributed by atoms with Crippen LogP contribution in [0.3, 0.4) is 0 Å². The van der Waals surface area contributed by atoms with Crippen molar-refractivity contribution in [3.63, 3.8) is 0 Å². The molecule has 0 aromatic rings. The Labute approximate surface area is 101 Å². The van der Waals surface area contributed by atoms with Crippen molar-refractivity contribution in [2.24, 2.45) is 0 Å². The van der Waals surface area contributed by atoms with Crippen LogP contribution in [0, 0.1) is 0 Å². The predicted molar refractivity (Wildman–Crippen MR) is 69.8 cm³/mol. The predicted octanol–water partition coefficient (Wildman–Crippen LogP) is 3.51. The summed E-state index contributed by atoms with van der Waals surface area (Å²) in [5.74, 6) is 0. The molecule has 0 aromatic carbocycles. The van der Waals surface area contributed by atoms with Crippen molar-refractivity contribution < 1.29 is 4.74 Å². The van der Waals surface area contributed by atoms with Crippen molar-refractivity contribution in [2.75, 3.05) is 19.8 Å². The molecular weight excluding hydrogens is 198 g/mol. The molecule has 0 bridgehead atoms. The summed E-state index contributed by atoms with van der Waals surface area (Å²) < 4.78 is 5.65. The third-order valence-corrected chi connectivity index (χ3v) is 3.40. The highest BCUT2D eigenvalue weighted by atomic mass is 16.5. The summed E-state index contributed by atoms with van der Waals surface area (Å²) in [6, 6.07) is 0.785. The second kappa shape index (κ2) is 10.1. The normalized spacial score (nSPS) is 20.4. The van der Waals surface area contributed by atoms with Gasteiger partial charge in [0.15, 0.2) is 0 Å². The van der Waals surface area contributed by atoms with Crippen LogP contribution in [0.15, 0.2) is 0 Å². The van der Waals surface area contributed by atoms with Gasteiger partial charge in [-0.05, 0) is 38.6 Å². The lowest BCUT2D eigenvalue weighted by Crippen LogP contribution is -2.21. The molecule has 0 amide bonds. The maximum Gasteiger partial charge on any atom is 0.0466 e. The average molecular weight is 227 g/mol. The number of ether oxygens (including phenoxy) is 1. The monoisotopic (exact) mass is 227 g/mol. The van der Waals surface area contributed by atoms with E-state index in [1.54, 1.807) is 0 Å². The Hall–Kier alpha value is -0.0800. The Morgan fingerprint density at radius 2 is 1.88 bits per heavy atom. The molecule has 0 radical (unpaired) electrons. The zero-order valence-electron chi connectivity index (χ0n) is 11.0. The van der Waals surface area contributed by atoms with E-state index < -0.39 is 0 Å². The smallest absolute Gasteiger partial charge is 0.0466 e. The van der Waals surface area contributed by atoms with E-state index in [1.807, 2.05) is 0 Å². The molecule has 0 aliphatic carbocycles. The lowest BCUT2D eigenvalue weighted by molar-refractivity contribution is 0.124. The molecule has 0 saturated carbocycles. The van der Waals surface area contributed by atoms with E-state index in [-0.39, 0.29) is 0 Å². The molecule has 96 valence electrons. The fourth-order valence-corrected chi connectivity index (χ4v) is 2.34. The zero-order chi connectivity index (χ0) is 11.5. The highest BCUT2D eigenvalue weighted by Crippen LogP contribution is 2.10. The number of hydrogen-bond acceptors (Lipinski definition) is 2. The van der Waals surface area contributed by atoms with Gasteiger partial charge in [0.1, 0.15) is 0 Å². The third-order valence-electron chi connectivity index (χ3n) is 3.40. The lowest BCUT2D eigenvalue weighted by Gasteiger charge is -2.09. The van der Waals surface area contributed by atoms with Crippen molar-refractivity contribution in [2.45, 2.75) is 70.8 Å². The third kappa shape index (κ3) is 7.24. The van der Waals surface area contributed by atoms with Crippen molar-refractivity contribution >= 4 is 0 Å². The largest absolute Gasteiger partial charge is 0.381 e. The van der Waals surface area contributed by atoms with E-state index in [9.17, 15) is 0 Å². The highest BCUT2D eigenvalue weighted by Gasteiger charge is 2.12. The standard InChI is InChI=1S/C14H29NO/c1-2-3-4-5-6-12-16-13-8-10-14-9-7-11-15-14/h14-15H,2-13H2,1H3. The first-order chi connectivity index (χ1) is 7.93. The number of nitrogens with one attached hydrogen (secondary N) is 1. The maximum absolute atomic E-state index is 5.65. The fourth-order valence-electron chi connectivity index (χ4n) is 2.34. The molecular formula is C14H29NO. The quantitative estimate of drug-likeness (QED) is 0.577. The van der Waals surface area contributed by atoms with Crippen LogP contribution >= 0.6 is 0 Å². The molecule has 1 atom stereocenters. The molecule has 16 heavy (non-hydrogen) atoms. The van der Waals surface area contributed by atoms with E-state index in [0.717, 1.165) is 19.3 Å². The molecule has 1 rings (SSSR count). The first-order valence-electron chi connectivity index (χ1n) is 7.24. The minimum Gasteiger partial charge on any atom is -0.381 e. The molecule has 0 spiro atoms. The Morgan fingerprint density at radius 3 is 2.62 bits per heavy atom. The SMILES string of the molecule is CCCCCCCOCCCC1CCCN1. The molecule has 1 unspecified atom stereocenters. The Morgan fingerprint density at radius 1 is 1.06 bits per heavy atom. The van der Waals surface area contributed by atoms with Crippen LogP contribution in [-0.2, 0) is 4.74 Å². The van der Waals surface area contributed by atoms with Gasteiger partial charge in [-0.2, -0.15) is 0 Å². The highest BCUT2D eigenvalue weighted by molar-refractivity contribution is 4.73. The van der Waals surface area contributed by atoms with E-state index in [0.29, 0.717) is 0 Å². The summed E-state index contributed by atoms with van der Waals surface area (Å²) in [6.07, 6.45) is 12.0. The Kier molecular flexibility index (Phi) is 8.83. The molecule has 1 heterocycles. The first-order valence-corrected chi connectivity index (χ1v) is 7.24. The van der Waals surface area contributed by atoms with E-state index >= 15 is 0 Å². The Bertz CT molecular complexity index is 144. The van der Waals surface area contributed by atoms with Gasteiger partial charge in [0.25, 0.3) is 0 Å². The molecule has 2 heteroatoms. The van der Waals surface area contributed by atoms with Gasteiger partial charge in [-0.3, -0.25) is 0 Å². The summed E-state index contributed by atoms with van der Waals surface area (Å²) in [5, 5.41) is 3.53. The second-order valence-electron chi connectivity index (χ2n) is 4.96. The summed E-state index contributed by atoms with van der Waals surface area (Å²) in [4.78, 5) is 0. The van der Waals surface area contributed by atoms with Crippen LogP contribution in [0.1, 0.15) is 64.7 Å². The second-order valence-corrected chi connectivity index (χ2v) is 4.96. The minimum atomic E-state index is 0.785. The molecule has 2 nitrogen and oxygen atoms in total. The molecule has 1 N–H and O–H groups in total. The van der Waals surface area contributed by atoms with Crippen LogP contribution in [-0.4, -0.2) is 25.8 Å². The van der Waals surface area contributed by atoms with Gasteiger partial charge in [0, 0.05) is 19.3 Å². The first kappa shape index (κ1) is 14.0. The van der Waals surface area contributed by atoms with Crippen LogP contribution < -0.4 is 5.32 Å². The summed E-state index contributed by atoms with van der Waals surface area (Å²) >= 11 is 0. The number of unbranched alkanes of at least 4 members (excludes halogenated alkanes) is 4. The van der Waals surface area contributed by atoms with E-state index in [4.69, 9.17) is 4.74 Å². The van der Waals surface area contributed by atoms with Crippen molar-refractivity contribution in [3.8, 4) is 0 Å². The van der Waals surface area contributed by atoms with Gasteiger partial charge in [-0.25, -0.2) is 0 Å². The van der Waals surface area contributed by atoms with Crippen LogP contribution in [0.4, 0.5) is 0 Å². The summed E-state index contributed by atoms with van der Waals surface area (Å²) in [5.41, 5.74) is 0. The maximum atomic E-state index is 5.65. The number of rotatable bonds is 10. The molecule has 1 aliphatic heterocycles.